The summed E-state index contributed by atoms with van der Waals surface area (Å²) in [6, 6.07) is 1.96. The lowest BCUT2D eigenvalue weighted by atomic mass is 10.1. The summed E-state index contributed by atoms with van der Waals surface area (Å²) in [7, 11) is 0. The average molecular weight is 230 g/mol. The maximum absolute atomic E-state index is 6.01. The molecule has 1 aliphatic rings. The molecule has 3 unspecified atom stereocenters. The minimum absolute atomic E-state index is 0.0735. The molecule has 1 aromatic rings. The van der Waals surface area contributed by atoms with Crippen LogP contribution >= 0.6 is 15.9 Å². The molecule has 1 fully saturated rings. The third-order valence-electron chi connectivity index (χ3n) is 2.58. The predicted octanol–water partition coefficient (Wildman–Crippen LogP) is 2.70. The van der Waals surface area contributed by atoms with Crippen LogP contribution in [0.15, 0.2) is 21.2 Å². The van der Waals surface area contributed by atoms with Crippen LogP contribution in [0.25, 0.3) is 0 Å². The molecule has 2 rings (SSSR count). The molecule has 1 aromatic heterocycles. The Hall–Kier alpha value is -0.280. The Morgan fingerprint density at radius 2 is 2.42 bits per heavy atom. The van der Waals surface area contributed by atoms with Gasteiger partial charge in [0.25, 0.3) is 0 Å². The second kappa shape index (κ2) is 2.89. The van der Waals surface area contributed by atoms with Gasteiger partial charge in [-0.2, -0.15) is 0 Å². The molecule has 1 saturated carbocycles. The van der Waals surface area contributed by atoms with E-state index in [1.807, 2.05) is 6.07 Å². The van der Waals surface area contributed by atoms with Crippen molar-refractivity contribution in [2.24, 2.45) is 17.6 Å². The lowest BCUT2D eigenvalue weighted by molar-refractivity contribution is 0.431. The van der Waals surface area contributed by atoms with Gasteiger partial charge in [0.05, 0.1) is 16.8 Å². The van der Waals surface area contributed by atoms with E-state index < -0.39 is 0 Å². The van der Waals surface area contributed by atoms with Gasteiger partial charge in [0.15, 0.2) is 0 Å². The Morgan fingerprint density at radius 3 is 2.83 bits per heavy atom. The van der Waals surface area contributed by atoms with Gasteiger partial charge in [-0.1, -0.05) is 6.92 Å². The van der Waals surface area contributed by atoms with Crippen molar-refractivity contribution in [3.63, 3.8) is 0 Å². The molecule has 0 aromatic carbocycles. The lowest BCUT2D eigenvalue weighted by Crippen LogP contribution is -2.12. The molecular formula is C9H12BrNO. The number of hydrogen-bond acceptors (Lipinski definition) is 2. The Kier molecular flexibility index (Phi) is 2.00. The maximum Gasteiger partial charge on any atom is 0.134 e. The molecule has 2 N–H and O–H groups in total. The van der Waals surface area contributed by atoms with Crippen molar-refractivity contribution in [3.8, 4) is 0 Å². The molecular weight excluding hydrogens is 218 g/mol. The van der Waals surface area contributed by atoms with E-state index in [9.17, 15) is 0 Å². The van der Waals surface area contributed by atoms with Crippen molar-refractivity contribution < 1.29 is 4.42 Å². The van der Waals surface area contributed by atoms with Crippen LogP contribution in [0.2, 0.25) is 0 Å². The van der Waals surface area contributed by atoms with Crippen LogP contribution in [0.3, 0.4) is 0 Å². The molecule has 66 valence electrons. The first-order chi connectivity index (χ1) is 5.70. The Balaban J connectivity index is 2.14. The van der Waals surface area contributed by atoms with Crippen LogP contribution in [0, 0.1) is 11.8 Å². The zero-order chi connectivity index (χ0) is 8.72. The minimum atomic E-state index is 0.0735. The summed E-state index contributed by atoms with van der Waals surface area (Å²) in [5.41, 5.74) is 6.01. The molecule has 3 atom stereocenters. The van der Waals surface area contributed by atoms with Crippen LogP contribution in [-0.4, -0.2) is 0 Å². The Morgan fingerprint density at radius 1 is 1.75 bits per heavy atom. The number of furan rings is 1. The summed E-state index contributed by atoms with van der Waals surface area (Å²) in [6.07, 6.45) is 2.90. The van der Waals surface area contributed by atoms with E-state index in [2.05, 4.69) is 22.9 Å². The molecule has 0 bridgehead atoms. The first-order valence-corrected chi connectivity index (χ1v) is 4.98. The van der Waals surface area contributed by atoms with E-state index in [4.69, 9.17) is 10.2 Å². The number of rotatable bonds is 2. The van der Waals surface area contributed by atoms with Gasteiger partial charge in [0.2, 0.25) is 0 Å². The highest BCUT2D eigenvalue weighted by molar-refractivity contribution is 9.10. The van der Waals surface area contributed by atoms with Crippen molar-refractivity contribution in [2.45, 2.75) is 19.4 Å². The summed E-state index contributed by atoms with van der Waals surface area (Å²) >= 11 is 3.41. The third kappa shape index (κ3) is 1.31. The molecule has 2 nitrogen and oxygen atoms in total. The second-order valence-corrected chi connectivity index (χ2v) is 4.39. The van der Waals surface area contributed by atoms with Crippen LogP contribution in [0.5, 0.6) is 0 Å². The predicted molar refractivity (Wildman–Crippen MR) is 50.6 cm³/mol. The largest absolute Gasteiger partial charge is 0.466 e. The van der Waals surface area contributed by atoms with Gasteiger partial charge >= 0.3 is 0 Å². The van der Waals surface area contributed by atoms with Gasteiger partial charge in [-0.25, -0.2) is 0 Å². The monoisotopic (exact) mass is 229 g/mol. The van der Waals surface area contributed by atoms with Crippen molar-refractivity contribution in [1.82, 2.24) is 0 Å². The first kappa shape index (κ1) is 8.32. The third-order valence-corrected chi connectivity index (χ3v) is 3.24. The summed E-state index contributed by atoms with van der Waals surface area (Å²) in [5.74, 6) is 2.27. The second-order valence-electron chi connectivity index (χ2n) is 3.54. The van der Waals surface area contributed by atoms with E-state index in [0.717, 1.165) is 16.2 Å². The fourth-order valence-corrected chi connectivity index (χ4v) is 2.05. The van der Waals surface area contributed by atoms with E-state index in [1.54, 1.807) is 6.26 Å². The van der Waals surface area contributed by atoms with Crippen molar-refractivity contribution in [1.29, 1.82) is 0 Å². The molecule has 0 radical (unpaired) electrons. The highest BCUT2D eigenvalue weighted by Gasteiger charge is 2.40. The van der Waals surface area contributed by atoms with Crippen molar-refractivity contribution in [3.05, 3.63) is 22.6 Å². The average Bonchev–Trinajstić information content (AvgIpc) is 2.59. The smallest absolute Gasteiger partial charge is 0.134 e. The van der Waals surface area contributed by atoms with Gasteiger partial charge in [-0.3, -0.25) is 0 Å². The van der Waals surface area contributed by atoms with E-state index >= 15 is 0 Å². The van der Waals surface area contributed by atoms with E-state index in [0.29, 0.717) is 5.92 Å². The van der Waals surface area contributed by atoms with Crippen LogP contribution in [-0.2, 0) is 0 Å². The summed E-state index contributed by atoms with van der Waals surface area (Å²) < 4.78 is 6.30. The molecule has 1 heterocycles. The molecule has 0 aliphatic heterocycles. The quantitative estimate of drug-likeness (QED) is 0.848. The van der Waals surface area contributed by atoms with Gasteiger partial charge in [0, 0.05) is 0 Å². The zero-order valence-corrected chi connectivity index (χ0v) is 8.54. The molecule has 0 spiro atoms. The topological polar surface area (TPSA) is 39.2 Å². The van der Waals surface area contributed by atoms with Crippen LogP contribution in [0.4, 0.5) is 0 Å². The van der Waals surface area contributed by atoms with Crippen molar-refractivity contribution >= 4 is 15.9 Å². The summed E-state index contributed by atoms with van der Waals surface area (Å²) in [5, 5.41) is 0. The number of hydrogen-bond donors (Lipinski definition) is 1. The highest BCUT2D eigenvalue weighted by atomic mass is 79.9. The molecule has 1 aliphatic carbocycles. The molecule has 12 heavy (non-hydrogen) atoms. The fraction of sp³-hybridized carbons (Fsp3) is 0.556. The maximum atomic E-state index is 6.01. The van der Waals surface area contributed by atoms with Gasteiger partial charge in [-0.05, 0) is 40.3 Å². The molecule has 0 amide bonds. The van der Waals surface area contributed by atoms with Crippen molar-refractivity contribution in [2.75, 3.05) is 0 Å². The van der Waals surface area contributed by atoms with Gasteiger partial charge in [-0.15, -0.1) is 0 Å². The Bertz CT molecular complexity index is 284. The SMILES string of the molecule is CC1CC1C(N)c1occc1Br. The van der Waals surface area contributed by atoms with Gasteiger partial charge < -0.3 is 10.2 Å². The molecule has 3 heteroatoms. The number of nitrogens with two attached hydrogens (primary N) is 1. The summed E-state index contributed by atoms with van der Waals surface area (Å²) in [6.45, 7) is 2.22. The normalized spacial score (nSPS) is 30.2. The standard InChI is InChI=1S/C9H12BrNO/c1-5-4-6(5)8(11)9-7(10)2-3-12-9/h2-3,5-6,8H,4,11H2,1H3. The lowest BCUT2D eigenvalue weighted by Gasteiger charge is -2.07. The van der Waals surface area contributed by atoms with Crippen LogP contribution < -0.4 is 5.73 Å². The Labute approximate surface area is 80.3 Å². The first-order valence-electron chi connectivity index (χ1n) is 4.18. The van der Waals surface area contributed by atoms with Crippen LogP contribution in [0.1, 0.15) is 25.1 Å². The highest BCUT2D eigenvalue weighted by Crippen LogP contribution is 2.47. The van der Waals surface area contributed by atoms with E-state index in [1.165, 1.54) is 6.42 Å². The molecule has 0 saturated heterocycles. The zero-order valence-electron chi connectivity index (χ0n) is 6.96. The minimum Gasteiger partial charge on any atom is -0.466 e. The fourth-order valence-electron chi connectivity index (χ4n) is 1.59. The van der Waals surface area contributed by atoms with Gasteiger partial charge in [0.1, 0.15) is 5.76 Å². The number of halogens is 1. The summed E-state index contributed by atoms with van der Waals surface area (Å²) in [4.78, 5) is 0. The van der Waals surface area contributed by atoms with E-state index in [-0.39, 0.29) is 6.04 Å².